The Morgan fingerprint density at radius 2 is 1.86 bits per heavy atom. The van der Waals surface area contributed by atoms with Crippen molar-refractivity contribution in [3.8, 4) is 22.9 Å². The lowest BCUT2D eigenvalue weighted by molar-refractivity contribution is 0.730. The average molecular weight is 461 g/mol. The fraction of sp³-hybridized carbons (Fsp3) is 0.0800. The molecule has 3 aromatic heterocycles. The number of hydrogen-bond donors (Lipinski definition) is 2. The minimum absolute atomic E-state index is 0.0289. The van der Waals surface area contributed by atoms with Crippen molar-refractivity contribution in [3.63, 3.8) is 0 Å². The first kappa shape index (κ1) is 21.7. The minimum atomic E-state index is -0.514. The van der Waals surface area contributed by atoms with Crippen LogP contribution < -0.4 is 16.6 Å². The van der Waals surface area contributed by atoms with Crippen molar-refractivity contribution in [3.05, 3.63) is 94.9 Å². The van der Waals surface area contributed by atoms with E-state index in [9.17, 15) is 10.1 Å². The third-order valence-electron chi connectivity index (χ3n) is 5.50. The summed E-state index contributed by atoms with van der Waals surface area (Å²) in [6, 6.07) is 18.1. The van der Waals surface area contributed by atoms with E-state index in [1.54, 1.807) is 29.1 Å². The van der Waals surface area contributed by atoms with Gasteiger partial charge in [0.2, 0.25) is 5.95 Å². The van der Waals surface area contributed by atoms with E-state index in [0.29, 0.717) is 28.0 Å². The summed E-state index contributed by atoms with van der Waals surface area (Å²) in [5.74, 6) is 0.735. The molecule has 5 aromatic rings. The molecule has 10 nitrogen and oxygen atoms in total. The lowest BCUT2D eigenvalue weighted by Gasteiger charge is -2.21. The molecule has 35 heavy (non-hydrogen) atoms. The Bertz CT molecular complexity index is 1630. The van der Waals surface area contributed by atoms with Crippen molar-refractivity contribution in [2.45, 2.75) is 13.0 Å². The molecule has 0 aliphatic rings. The van der Waals surface area contributed by atoms with Crippen LogP contribution in [0.5, 0.6) is 0 Å². The Morgan fingerprint density at radius 1 is 1.03 bits per heavy atom. The van der Waals surface area contributed by atoms with E-state index >= 15 is 0 Å². The van der Waals surface area contributed by atoms with Gasteiger partial charge >= 0.3 is 0 Å². The van der Waals surface area contributed by atoms with Gasteiger partial charge in [-0.2, -0.15) is 20.4 Å². The highest BCUT2D eigenvalue weighted by atomic mass is 16.1. The maximum absolute atomic E-state index is 14.0. The summed E-state index contributed by atoms with van der Waals surface area (Å²) in [6.45, 7) is 1.84. The fourth-order valence-corrected chi connectivity index (χ4v) is 3.91. The van der Waals surface area contributed by atoms with Gasteiger partial charge < -0.3 is 11.1 Å². The minimum Gasteiger partial charge on any atom is -0.368 e. The largest absolute Gasteiger partial charge is 0.368 e. The zero-order valence-corrected chi connectivity index (χ0v) is 18.6. The molecule has 0 bridgehead atoms. The van der Waals surface area contributed by atoms with Gasteiger partial charge in [-0.25, -0.2) is 9.97 Å². The third-order valence-corrected chi connectivity index (χ3v) is 5.50. The predicted molar refractivity (Wildman–Crippen MR) is 132 cm³/mol. The number of nitrogens with two attached hydrogens (primary N) is 1. The number of benzene rings is 2. The molecule has 0 spiro atoms. The molecule has 3 heterocycles. The van der Waals surface area contributed by atoms with Gasteiger partial charge in [0, 0.05) is 5.56 Å². The van der Waals surface area contributed by atoms with Crippen molar-refractivity contribution in [2.24, 2.45) is 0 Å². The highest BCUT2D eigenvalue weighted by Crippen LogP contribution is 2.28. The number of para-hydroxylation sites is 1. The first-order valence-corrected chi connectivity index (χ1v) is 10.7. The summed E-state index contributed by atoms with van der Waals surface area (Å²) in [6.07, 6.45) is 4.55. The first-order valence-electron chi connectivity index (χ1n) is 10.7. The zero-order valence-electron chi connectivity index (χ0n) is 18.6. The maximum atomic E-state index is 14.0. The van der Waals surface area contributed by atoms with Crippen LogP contribution in [0.15, 0.2) is 78.0 Å². The highest BCUT2D eigenvalue weighted by molar-refractivity contribution is 5.94. The summed E-state index contributed by atoms with van der Waals surface area (Å²) in [7, 11) is 0. The molecule has 3 N–H and O–H groups in total. The quantitative estimate of drug-likeness (QED) is 0.402. The monoisotopic (exact) mass is 461 g/mol. The standard InChI is InChI=1S/C25H19N9O/c1-15(31-22-17(12-26)13-28-25(27)33-22)23-32-20-9-5-8-19(16-10-11-29-30-14-16)21(20)24(35)34(23)18-6-3-2-4-7-18/h2-11,13-15H,1H3,(H3,27,28,31,33)/t15-/m1/s1. The van der Waals surface area contributed by atoms with E-state index in [1.165, 1.54) is 6.20 Å². The summed E-state index contributed by atoms with van der Waals surface area (Å²) >= 11 is 0. The average Bonchev–Trinajstić information content (AvgIpc) is 2.89. The highest BCUT2D eigenvalue weighted by Gasteiger charge is 2.21. The topological polar surface area (TPSA) is 148 Å². The number of nitrogens with zero attached hydrogens (tertiary/aromatic N) is 7. The molecular formula is C25H19N9O. The van der Waals surface area contributed by atoms with Gasteiger partial charge in [0.25, 0.3) is 5.56 Å². The lowest BCUT2D eigenvalue weighted by atomic mass is 10.0. The van der Waals surface area contributed by atoms with Gasteiger partial charge in [0.1, 0.15) is 23.3 Å². The van der Waals surface area contributed by atoms with Crippen molar-refractivity contribution in [1.29, 1.82) is 5.26 Å². The third kappa shape index (κ3) is 4.02. The zero-order chi connectivity index (χ0) is 24.4. The van der Waals surface area contributed by atoms with Gasteiger partial charge in [0.05, 0.1) is 41.2 Å². The Labute approximate surface area is 199 Å². The van der Waals surface area contributed by atoms with Crippen LogP contribution >= 0.6 is 0 Å². The molecule has 2 aromatic carbocycles. The van der Waals surface area contributed by atoms with Crippen LogP contribution in [0.3, 0.4) is 0 Å². The van der Waals surface area contributed by atoms with E-state index in [1.807, 2.05) is 55.5 Å². The van der Waals surface area contributed by atoms with Crippen LogP contribution in [0.2, 0.25) is 0 Å². The van der Waals surface area contributed by atoms with E-state index in [-0.39, 0.29) is 22.9 Å². The molecule has 0 aliphatic heterocycles. The van der Waals surface area contributed by atoms with Gasteiger partial charge in [-0.05, 0) is 36.8 Å². The lowest BCUT2D eigenvalue weighted by Crippen LogP contribution is -2.28. The van der Waals surface area contributed by atoms with Gasteiger partial charge in [-0.1, -0.05) is 30.3 Å². The second kappa shape index (κ2) is 8.99. The Balaban J connectivity index is 1.75. The fourth-order valence-electron chi connectivity index (χ4n) is 3.91. The van der Waals surface area contributed by atoms with E-state index in [2.05, 4.69) is 25.5 Å². The number of nitrogen functional groups attached to an aromatic ring is 1. The predicted octanol–water partition coefficient (Wildman–Crippen LogP) is 3.26. The number of rotatable bonds is 5. The number of anilines is 2. The first-order chi connectivity index (χ1) is 17.1. The number of fused-ring (bicyclic) bond motifs is 1. The van der Waals surface area contributed by atoms with E-state index < -0.39 is 6.04 Å². The smallest absolute Gasteiger partial charge is 0.266 e. The molecule has 170 valence electrons. The number of nitrogens with one attached hydrogen (secondary N) is 1. The molecule has 5 rings (SSSR count). The number of aromatic nitrogens is 6. The van der Waals surface area contributed by atoms with Gasteiger partial charge in [-0.3, -0.25) is 9.36 Å². The second-order valence-electron chi connectivity index (χ2n) is 7.75. The van der Waals surface area contributed by atoms with Crippen molar-refractivity contribution in [1.82, 2.24) is 29.7 Å². The molecule has 0 aliphatic carbocycles. The summed E-state index contributed by atoms with van der Waals surface area (Å²) in [5, 5.41) is 20.9. The summed E-state index contributed by atoms with van der Waals surface area (Å²) in [5.41, 5.74) is 8.39. The van der Waals surface area contributed by atoms with Crippen LogP contribution in [0.1, 0.15) is 24.4 Å². The molecule has 10 heteroatoms. The molecule has 0 amide bonds. The van der Waals surface area contributed by atoms with Crippen LogP contribution in [0.25, 0.3) is 27.7 Å². The molecule has 0 saturated heterocycles. The number of hydrogen-bond acceptors (Lipinski definition) is 9. The van der Waals surface area contributed by atoms with Crippen LogP contribution in [0, 0.1) is 11.3 Å². The molecule has 0 radical (unpaired) electrons. The Kier molecular flexibility index (Phi) is 5.57. The van der Waals surface area contributed by atoms with Gasteiger partial charge in [-0.15, -0.1) is 0 Å². The van der Waals surface area contributed by atoms with Crippen LogP contribution in [-0.2, 0) is 0 Å². The normalized spacial score (nSPS) is 11.7. The van der Waals surface area contributed by atoms with Crippen molar-refractivity contribution < 1.29 is 0 Å². The van der Waals surface area contributed by atoms with Crippen LogP contribution in [-0.4, -0.2) is 29.7 Å². The summed E-state index contributed by atoms with van der Waals surface area (Å²) in [4.78, 5) is 26.9. The molecule has 0 saturated carbocycles. The molecule has 0 unspecified atom stereocenters. The van der Waals surface area contributed by atoms with Crippen LogP contribution in [0.4, 0.5) is 11.8 Å². The summed E-state index contributed by atoms with van der Waals surface area (Å²) < 4.78 is 1.56. The van der Waals surface area contributed by atoms with Crippen molar-refractivity contribution in [2.75, 3.05) is 11.1 Å². The molecule has 1 atom stereocenters. The SMILES string of the molecule is C[C@@H](Nc1nc(N)ncc1C#N)c1nc2cccc(-c3ccnnc3)c2c(=O)n1-c1ccccc1. The second-order valence-corrected chi connectivity index (χ2v) is 7.75. The van der Waals surface area contributed by atoms with E-state index in [4.69, 9.17) is 10.7 Å². The van der Waals surface area contributed by atoms with Crippen molar-refractivity contribution >= 4 is 22.7 Å². The maximum Gasteiger partial charge on any atom is 0.266 e. The van der Waals surface area contributed by atoms with E-state index in [0.717, 1.165) is 5.56 Å². The molecular weight excluding hydrogens is 442 g/mol. The Morgan fingerprint density at radius 3 is 2.60 bits per heavy atom. The molecule has 0 fully saturated rings. The Hall–Kier alpha value is -5.17. The van der Waals surface area contributed by atoms with Gasteiger partial charge in [0.15, 0.2) is 0 Å². The number of nitriles is 1.